The van der Waals surface area contributed by atoms with Crippen LogP contribution in [0.3, 0.4) is 0 Å². The molecule has 56 valence electrons. The number of rotatable bonds is 1. The van der Waals surface area contributed by atoms with Gasteiger partial charge in [-0.25, -0.2) is 4.99 Å². The van der Waals surface area contributed by atoms with Crippen molar-refractivity contribution in [3.05, 3.63) is 6.54 Å². The number of halogens is 3. The van der Waals surface area contributed by atoms with Gasteiger partial charge in [-0.15, -0.1) is 13.2 Å². The highest BCUT2D eigenvalue weighted by Gasteiger charge is 2.34. The fourth-order valence-corrected chi connectivity index (χ4v) is 0.437. The summed E-state index contributed by atoms with van der Waals surface area (Å²) in [5.41, 5.74) is 0. The lowest BCUT2D eigenvalue weighted by molar-refractivity contribution is -0.336. The van der Waals surface area contributed by atoms with E-state index in [2.05, 4.69) is 21.6 Å². The summed E-state index contributed by atoms with van der Waals surface area (Å²) >= 11 is 0. The molecule has 0 bridgehead atoms. The predicted octanol–water partition coefficient (Wildman–Crippen LogP) is 0.519. The van der Waals surface area contributed by atoms with Crippen LogP contribution in [0.5, 0.6) is 0 Å². The molecular formula is C4H3F3N2O. The van der Waals surface area contributed by atoms with Crippen molar-refractivity contribution in [2.75, 3.05) is 0 Å². The van der Waals surface area contributed by atoms with E-state index in [9.17, 15) is 13.2 Å². The molecule has 1 aliphatic heterocycles. The van der Waals surface area contributed by atoms with Crippen LogP contribution in [0.2, 0.25) is 0 Å². The van der Waals surface area contributed by atoms with E-state index in [4.69, 9.17) is 0 Å². The molecule has 6 heteroatoms. The maximum atomic E-state index is 11.3. The molecular weight excluding hydrogens is 149 g/mol. The average Bonchev–Trinajstić information content (AvgIpc) is 2.12. The third kappa shape index (κ3) is 2.22. The highest BCUT2D eigenvalue weighted by molar-refractivity contribution is 5.58. The molecule has 1 heterocycles. The Hall–Kier alpha value is -0.780. The fourth-order valence-electron chi connectivity index (χ4n) is 0.437. The van der Waals surface area contributed by atoms with Crippen LogP contribution in [-0.2, 0) is 4.74 Å². The molecule has 1 atom stereocenters. The maximum absolute atomic E-state index is 11.3. The molecule has 0 fully saturated rings. The SMILES string of the molecule is FC(F)(F)OC1[C]NC=N1. The number of alkyl halides is 3. The zero-order valence-electron chi connectivity index (χ0n) is 4.64. The Morgan fingerprint density at radius 2 is 2.30 bits per heavy atom. The van der Waals surface area contributed by atoms with E-state index in [1.54, 1.807) is 0 Å². The third-order valence-electron chi connectivity index (χ3n) is 0.727. The van der Waals surface area contributed by atoms with Crippen LogP contribution < -0.4 is 5.32 Å². The van der Waals surface area contributed by atoms with E-state index in [0.29, 0.717) is 0 Å². The number of nitrogens with zero attached hydrogens (tertiary/aromatic N) is 1. The Balaban J connectivity index is 2.31. The molecule has 0 aromatic carbocycles. The van der Waals surface area contributed by atoms with Gasteiger partial charge in [0, 0.05) is 0 Å². The number of ether oxygens (including phenoxy) is 1. The van der Waals surface area contributed by atoms with Gasteiger partial charge >= 0.3 is 6.36 Å². The van der Waals surface area contributed by atoms with Gasteiger partial charge in [-0.3, -0.25) is 4.74 Å². The summed E-state index contributed by atoms with van der Waals surface area (Å²) in [7, 11) is 0. The standard InChI is InChI=1S/C4H3F3N2O/c5-4(6,7)10-3-1-8-2-9-3/h2-3H,(H,8,9). The molecule has 1 N–H and O–H groups in total. The summed E-state index contributed by atoms with van der Waals surface area (Å²) in [5.74, 6) is 0. The van der Waals surface area contributed by atoms with Crippen LogP contribution in [0, 0.1) is 6.54 Å². The van der Waals surface area contributed by atoms with Crippen molar-refractivity contribution in [2.45, 2.75) is 12.6 Å². The van der Waals surface area contributed by atoms with Gasteiger partial charge in [0.05, 0.1) is 6.34 Å². The number of aliphatic imine (C=N–C) groups is 1. The smallest absolute Gasteiger partial charge is 0.362 e. The molecule has 0 saturated carbocycles. The zero-order valence-corrected chi connectivity index (χ0v) is 4.64. The number of hydrogen-bond acceptors (Lipinski definition) is 3. The first kappa shape index (κ1) is 7.33. The van der Waals surface area contributed by atoms with Crippen LogP contribution in [-0.4, -0.2) is 18.9 Å². The lowest BCUT2D eigenvalue weighted by atomic mass is 10.6. The summed E-state index contributed by atoms with van der Waals surface area (Å²) in [6.07, 6.45) is -4.93. The Morgan fingerprint density at radius 3 is 2.70 bits per heavy atom. The summed E-state index contributed by atoms with van der Waals surface area (Å²) in [4.78, 5) is 3.23. The molecule has 3 nitrogen and oxygen atoms in total. The monoisotopic (exact) mass is 152 g/mol. The van der Waals surface area contributed by atoms with E-state index >= 15 is 0 Å². The summed E-state index contributed by atoms with van der Waals surface area (Å²) in [5, 5.41) is 2.23. The molecule has 1 aliphatic rings. The van der Waals surface area contributed by atoms with Crippen molar-refractivity contribution in [3.63, 3.8) is 0 Å². The van der Waals surface area contributed by atoms with Crippen molar-refractivity contribution < 1.29 is 17.9 Å². The van der Waals surface area contributed by atoms with Crippen molar-refractivity contribution in [1.29, 1.82) is 0 Å². The van der Waals surface area contributed by atoms with Crippen molar-refractivity contribution >= 4 is 6.34 Å². The van der Waals surface area contributed by atoms with E-state index in [1.807, 2.05) is 0 Å². The molecule has 0 spiro atoms. The second-order valence-electron chi connectivity index (χ2n) is 1.48. The maximum Gasteiger partial charge on any atom is 0.524 e. The summed E-state index contributed by atoms with van der Waals surface area (Å²) in [6, 6.07) is 0. The van der Waals surface area contributed by atoms with Gasteiger partial charge in [-0.1, -0.05) is 0 Å². The van der Waals surface area contributed by atoms with E-state index in [1.165, 1.54) is 0 Å². The molecule has 0 amide bonds. The van der Waals surface area contributed by atoms with Gasteiger partial charge < -0.3 is 5.32 Å². The topological polar surface area (TPSA) is 33.6 Å². The average molecular weight is 152 g/mol. The van der Waals surface area contributed by atoms with Crippen LogP contribution in [0.25, 0.3) is 0 Å². The minimum absolute atomic E-state index is 1.08. The molecule has 2 radical (unpaired) electrons. The first-order chi connectivity index (χ1) is 4.58. The molecule has 1 unspecified atom stereocenters. The lowest BCUT2D eigenvalue weighted by Gasteiger charge is -2.09. The van der Waals surface area contributed by atoms with Crippen LogP contribution in [0.15, 0.2) is 4.99 Å². The van der Waals surface area contributed by atoms with Crippen molar-refractivity contribution in [2.24, 2.45) is 4.99 Å². The van der Waals surface area contributed by atoms with Gasteiger partial charge in [-0.05, 0) is 0 Å². The van der Waals surface area contributed by atoms with E-state index in [-0.39, 0.29) is 0 Å². The van der Waals surface area contributed by atoms with Crippen molar-refractivity contribution in [3.8, 4) is 0 Å². The zero-order chi connectivity index (χ0) is 7.61. The largest absolute Gasteiger partial charge is 0.524 e. The van der Waals surface area contributed by atoms with Crippen LogP contribution in [0.1, 0.15) is 0 Å². The van der Waals surface area contributed by atoms with E-state index in [0.717, 1.165) is 6.34 Å². The molecule has 0 aromatic rings. The van der Waals surface area contributed by atoms with Gasteiger partial charge in [0.2, 0.25) is 0 Å². The predicted molar refractivity (Wildman–Crippen MR) is 25.8 cm³/mol. The first-order valence-corrected chi connectivity index (χ1v) is 2.35. The fraction of sp³-hybridized carbons (Fsp3) is 0.500. The third-order valence-corrected chi connectivity index (χ3v) is 0.727. The van der Waals surface area contributed by atoms with Gasteiger partial charge in [0.15, 0.2) is 6.23 Å². The Labute approximate surface area is 54.9 Å². The number of hydrogen-bond donors (Lipinski definition) is 1. The Kier molecular flexibility index (Phi) is 1.80. The normalized spacial score (nSPS) is 24.9. The highest BCUT2D eigenvalue weighted by atomic mass is 19.4. The molecule has 0 saturated heterocycles. The molecule has 0 aromatic heterocycles. The molecule has 10 heavy (non-hydrogen) atoms. The minimum Gasteiger partial charge on any atom is -0.362 e. The first-order valence-electron chi connectivity index (χ1n) is 2.35. The minimum atomic E-state index is -4.65. The van der Waals surface area contributed by atoms with E-state index < -0.39 is 12.6 Å². The highest BCUT2D eigenvalue weighted by Crippen LogP contribution is 2.20. The quantitative estimate of drug-likeness (QED) is 0.594. The van der Waals surface area contributed by atoms with Crippen molar-refractivity contribution in [1.82, 2.24) is 5.32 Å². The second kappa shape index (κ2) is 2.45. The van der Waals surface area contributed by atoms with Gasteiger partial charge in [0.25, 0.3) is 0 Å². The summed E-state index contributed by atoms with van der Waals surface area (Å²) in [6.45, 7) is 2.10. The Bertz CT molecular complexity index is 144. The number of nitrogens with one attached hydrogen (secondary N) is 1. The van der Waals surface area contributed by atoms with Gasteiger partial charge in [0.1, 0.15) is 6.54 Å². The van der Waals surface area contributed by atoms with Gasteiger partial charge in [-0.2, -0.15) is 0 Å². The van der Waals surface area contributed by atoms with Crippen LogP contribution >= 0.6 is 0 Å². The Morgan fingerprint density at radius 1 is 1.60 bits per heavy atom. The van der Waals surface area contributed by atoms with Crippen LogP contribution in [0.4, 0.5) is 13.2 Å². The summed E-state index contributed by atoms with van der Waals surface area (Å²) < 4.78 is 37.5. The lowest BCUT2D eigenvalue weighted by Crippen LogP contribution is -2.22. The molecule has 0 aliphatic carbocycles. The molecule has 1 rings (SSSR count). The second-order valence-corrected chi connectivity index (χ2v) is 1.48.